The van der Waals surface area contributed by atoms with Crippen molar-refractivity contribution in [3.05, 3.63) is 0 Å². The predicted molar refractivity (Wildman–Crippen MR) is 90.7 cm³/mol. The highest BCUT2D eigenvalue weighted by Gasteiger charge is 2.35. The topological polar surface area (TPSA) is 73.0 Å². The second-order valence-corrected chi connectivity index (χ2v) is 8.70. The largest absolute Gasteiger partial charge is 0.340 e. The molecule has 2 atom stereocenters. The highest BCUT2D eigenvalue weighted by Crippen LogP contribution is 2.23. The molecule has 2 fully saturated rings. The van der Waals surface area contributed by atoms with Crippen LogP contribution in [0.25, 0.3) is 0 Å². The van der Waals surface area contributed by atoms with Crippen LogP contribution in [0.3, 0.4) is 0 Å². The first-order valence-corrected chi connectivity index (χ1v) is 10.3. The van der Waals surface area contributed by atoms with Gasteiger partial charge in [0.2, 0.25) is 15.9 Å². The maximum Gasteiger partial charge on any atom is 0.219 e. The number of amides is 1. The highest BCUT2D eigenvalue weighted by molar-refractivity contribution is 7.88. The Labute approximate surface area is 140 Å². The number of hydrogen-bond acceptors (Lipinski definition) is 5. The van der Waals surface area contributed by atoms with Crippen molar-refractivity contribution >= 4 is 15.9 Å². The summed E-state index contributed by atoms with van der Waals surface area (Å²) in [6, 6.07) is 0.548. The van der Waals surface area contributed by atoms with Gasteiger partial charge >= 0.3 is 0 Å². The van der Waals surface area contributed by atoms with E-state index in [2.05, 4.69) is 21.4 Å². The van der Waals surface area contributed by atoms with Crippen LogP contribution >= 0.6 is 0 Å². The normalized spacial score (nSPS) is 27.5. The standard InChI is InChI=1S/C15H30N4O3S/c1-13-11-17(6-4-5-16-23(3,21)22)12-15(13)19-9-7-18(8-10-19)14(2)20/h13,15-16H,4-12H2,1-3H3/t13-,15-/m1/s1. The Morgan fingerprint density at radius 1 is 1.17 bits per heavy atom. The number of piperazine rings is 1. The third-order valence-corrected chi connectivity index (χ3v) is 5.62. The quantitative estimate of drug-likeness (QED) is 0.651. The lowest BCUT2D eigenvalue weighted by Crippen LogP contribution is -2.53. The lowest BCUT2D eigenvalue weighted by atomic mass is 10.0. The molecule has 0 bridgehead atoms. The van der Waals surface area contributed by atoms with E-state index in [1.54, 1.807) is 6.92 Å². The Hall–Kier alpha value is -0.700. The molecule has 8 heteroatoms. The van der Waals surface area contributed by atoms with Crippen molar-refractivity contribution in [2.45, 2.75) is 26.3 Å². The molecule has 2 aliphatic rings. The molecule has 2 saturated heterocycles. The van der Waals surface area contributed by atoms with Crippen LogP contribution in [-0.2, 0) is 14.8 Å². The van der Waals surface area contributed by atoms with Gasteiger partial charge in [0.15, 0.2) is 0 Å². The minimum Gasteiger partial charge on any atom is -0.340 e. The first-order chi connectivity index (χ1) is 10.8. The van der Waals surface area contributed by atoms with E-state index < -0.39 is 10.0 Å². The zero-order valence-electron chi connectivity index (χ0n) is 14.5. The number of rotatable bonds is 6. The summed E-state index contributed by atoms with van der Waals surface area (Å²) in [4.78, 5) is 18.3. The van der Waals surface area contributed by atoms with Gasteiger partial charge in [-0.05, 0) is 18.9 Å². The first kappa shape index (κ1) is 18.6. The van der Waals surface area contributed by atoms with Crippen LogP contribution in [0.5, 0.6) is 0 Å². The van der Waals surface area contributed by atoms with Crippen molar-refractivity contribution in [1.29, 1.82) is 0 Å². The van der Waals surface area contributed by atoms with Crippen LogP contribution in [0.4, 0.5) is 0 Å². The minimum absolute atomic E-state index is 0.170. The highest BCUT2D eigenvalue weighted by atomic mass is 32.2. The van der Waals surface area contributed by atoms with E-state index in [4.69, 9.17) is 0 Å². The van der Waals surface area contributed by atoms with Gasteiger partial charge in [0.1, 0.15) is 0 Å². The number of likely N-dealkylation sites (tertiary alicyclic amines) is 1. The smallest absolute Gasteiger partial charge is 0.219 e. The zero-order valence-corrected chi connectivity index (χ0v) is 15.3. The molecule has 0 unspecified atom stereocenters. The summed E-state index contributed by atoms with van der Waals surface area (Å²) in [5, 5.41) is 0. The maximum atomic E-state index is 11.4. The monoisotopic (exact) mass is 346 g/mol. The van der Waals surface area contributed by atoms with E-state index in [9.17, 15) is 13.2 Å². The summed E-state index contributed by atoms with van der Waals surface area (Å²) in [6.07, 6.45) is 2.03. The number of sulfonamides is 1. The Balaban J connectivity index is 1.73. The van der Waals surface area contributed by atoms with Gasteiger partial charge in [-0.3, -0.25) is 9.69 Å². The average molecular weight is 346 g/mol. The predicted octanol–water partition coefficient (Wildman–Crippen LogP) is -0.590. The number of hydrogen-bond donors (Lipinski definition) is 1. The fraction of sp³-hybridized carbons (Fsp3) is 0.933. The zero-order chi connectivity index (χ0) is 17.0. The molecule has 1 amide bonds. The van der Waals surface area contributed by atoms with Gasteiger partial charge in [-0.2, -0.15) is 0 Å². The molecule has 7 nitrogen and oxygen atoms in total. The summed E-state index contributed by atoms with van der Waals surface area (Å²) >= 11 is 0. The summed E-state index contributed by atoms with van der Waals surface area (Å²) in [6.45, 7) is 11.0. The molecule has 0 aromatic rings. The van der Waals surface area contributed by atoms with Gasteiger partial charge < -0.3 is 9.80 Å². The van der Waals surface area contributed by atoms with Gasteiger partial charge in [-0.1, -0.05) is 6.92 Å². The molecule has 2 heterocycles. The molecule has 0 aliphatic carbocycles. The van der Waals surface area contributed by atoms with Gasteiger partial charge in [0.05, 0.1) is 6.26 Å². The Morgan fingerprint density at radius 2 is 1.83 bits per heavy atom. The Morgan fingerprint density at radius 3 is 2.39 bits per heavy atom. The second kappa shape index (κ2) is 7.92. The molecule has 0 radical (unpaired) electrons. The average Bonchev–Trinajstić information content (AvgIpc) is 2.84. The van der Waals surface area contributed by atoms with E-state index in [-0.39, 0.29) is 5.91 Å². The molecule has 2 aliphatic heterocycles. The van der Waals surface area contributed by atoms with Crippen molar-refractivity contribution < 1.29 is 13.2 Å². The summed E-state index contributed by atoms with van der Waals surface area (Å²) in [7, 11) is -3.08. The second-order valence-electron chi connectivity index (χ2n) is 6.87. The van der Waals surface area contributed by atoms with E-state index in [0.29, 0.717) is 18.5 Å². The van der Waals surface area contributed by atoms with Crippen LogP contribution in [0, 0.1) is 5.92 Å². The van der Waals surface area contributed by atoms with Crippen molar-refractivity contribution in [2.24, 2.45) is 5.92 Å². The number of nitrogens with zero attached hydrogens (tertiary/aromatic N) is 3. The van der Waals surface area contributed by atoms with Crippen molar-refractivity contribution in [3.8, 4) is 0 Å². The molecule has 0 spiro atoms. The van der Waals surface area contributed by atoms with Crippen LogP contribution in [0.1, 0.15) is 20.3 Å². The van der Waals surface area contributed by atoms with E-state index in [1.165, 1.54) is 6.26 Å². The lowest BCUT2D eigenvalue weighted by molar-refractivity contribution is -0.130. The van der Waals surface area contributed by atoms with Gasteiger partial charge in [0.25, 0.3) is 0 Å². The summed E-state index contributed by atoms with van der Waals surface area (Å²) in [5.74, 6) is 0.783. The molecular weight excluding hydrogens is 316 g/mol. The van der Waals surface area contributed by atoms with E-state index in [1.807, 2.05) is 4.90 Å². The summed E-state index contributed by atoms with van der Waals surface area (Å²) in [5.41, 5.74) is 0. The third-order valence-electron chi connectivity index (χ3n) is 4.89. The molecule has 134 valence electrons. The van der Waals surface area contributed by atoms with Crippen LogP contribution in [0.2, 0.25) is 0 Å². The minimum atomic E-state index is -3.08. The fourth-order valence-corrected chi connectivity index (χ4v) is 4.15. The third kappa shape index (κ3) is 5.70. The fourth-order valence-electron chi connectivity index (χ4n) is 3.63. The Bertz CT molecular complexity index is 503. The molecule has 0 aromatic carbocycles. The number of carbonyl (C=O) groups excluding carboxylic acids is 1. The van der Waals surface area contributed by atoms with Crippen molar-refractivity contribution in [2.75, 3.05) is 58.6 Å². The molecule has 1 N–H and O–H groups in total. The molecular formula is C15H30N4O3S. The Kier molecular flexibility index (Phi) is 6.41. The van der Waals surface area contributed by atoms with Crippen LogP contribution in [-0.4, -0.2) is 93.7 Å². The summed E-state index contributed by atoms with van der Waals surface area (Å²) < 4.78 is 24.7. The van der Waals surface area contributed by atoms with Crippen LogP contribution < -0.4 is 4.72 Å². The van der Waals surface area contributed by atoms with E-state index >= 15 is 0 Å². The molecule has 2 rings (SSSR count). The molecule has 0 aromatic heterocycles. The maximum absolute atomic E-state index is 11.4. The SMILES string of the molecule is CC(=O)N1CCN([C@@H]2CN(CCCNS(C)(=O)=O)C[C@H]2C)CC1. The van der Waals surface area contributed by atoms with Crippen LogP contribution in [0.15, 0.2) is 0 Å². The van der Waals surface area contributed by atoms with Gasteiger partial charge in [0, 0.05) is 58.8 Å². The van der Waals surface area contributed by atoms with E-state index in [0.717, 1.165) is 52.2 Å². The van der Waals surface area contributed by atoms with Gasteiger partial charge in [-0.15, -0.1) is 0 Å². The first-order valence-electron chi connectivity index (χ1n) is 8.43. The molecule has 23 heavy (non-hydrogen) atoms. The van der Waals surface area contributed by atoms with Crippen molar-refractivity contribution in [3.63, 3.8) is 0 Å². The number of nitrogens with one attached hydrogen (secondary N) is 1. The molecule has 0 saturated carbocycles. The number of carbonyl (C=O) groups is 1. The lowest BCUT2D eigenvalue weighted by Gasteiger charge is -2.39. The van der Waals surface area contributed by atoms with Crippen molar-refractivity contribution in [1.82, 2.24) is 19.4 Å². The van der Waals surface area contributed by atoms with Gasteiger partial charge in [-0.25, -0.2) is 13.1 Å².